The van der Waals surface area contributed by atoms with Gasteiger partial charge in [0, 0.05) is 12.7 Å². The number of hydrogen-bond donors (Lipinski definition) is 3. The van der Waals surface area contributed by atoms with E-state index >= 15 is 0 Å². The van der Waals surface area contributed by atoms with Gasteiger partial charge >= 0.3 is 11.7 Å². The highest BCUT2D eigenvalue weighted by Gasteiger charge is 2.12. The lowest BCUT2D eigenvalue weighted by Gasteiger charge is -2.13. The average Bonchev–Trinajstić information content (AvgIpc) is 2.75. The molecule has 0 atom stereocenters. The van der Waals surface area contributed by atoms with Gasteiger partial charge in [0.2, 0.25) is 0 Å². The van der Waals surface area contributed by atoms with Crippen LogP contribution in [0, 0.1) is 0 Å². The van der Waals surface area contributed by atoms with Gasteiger partial charge in [0.05, 0.1) is 10.9 Å². The molecule has 0 radical (unpaired) electrons. The van der Waals surface area contributed by atoms with Crippen molar-refractivity contribution in [2.75, 3.05) is 5.32 Å². The number of carboxylic acids is 1. The molecule has 2 heterocycles. The molecule has 0 fully saturated rings. The van der Waals surface area contributed by atoms with Gasteiger partial charge in [0.15, 0.2) is 5.65 Å². The number of carbonyl (C=O) groups is 1. The van der Waals surface area contributed by atoms with E-state index < -0.39 is 11.7 Å². The Kier molecular flexibility index (Phi) is 4.66. The Morgan fingerprint density at radius 1 is 1.03 bits per heavy atom. The summed E-state index contributed by atoms with van der Waals surface area (Å²) >= 11 is 0. The lowest BCUT2D eigenvalue weighted by molar-refractivity contribution is 0.0697. The maximum atomic E-state index is 11.9. The monoisotopic (exact) mass is 388 g/mol. The lowest BCUT2D eigenvalue weighted by Crippen LogP contribution is -2.23. The number of pyridine rings is 1. The molecule has 8 heteroatoms. The minimum atomic E-state index is -0.975. The van der Waals surface area contributed by atoms with Crippen LogP contribution in [0.1, 0.15) is 15.9 Å². The molecule has 0 amide bonds. The predicted molar refractivity (Wildman–Crippen MR) is 107 cm³/mol. The van der Waals surface area contributed by atoms with Crippen LogP contribution in [0.5, 0.6) is 0 Å². The number of aromatic carboxylic acids is 1. The van der Waals surface area contributed by atoms with Crippen LogP contribution < -0.4 is 11.0 Å². The van der Waals surface area contributed by atoms with Crippen LogP contribution in [0.25, 0.3) is 22.2 Å². The Morgan fingerprint density at radius 2 is 1.79 bits per heavy atom. The second kappa shape index (κ2) is 7.43. The van der Waals surface area contributed by atoms with Crippen molar-refractivity contribution >= 4 is 22.8 Å². The summed E-state index contributed by atoms with van der Waals surface area (Å²) in [7, 11) is 0. The zero-order valence-electron chi connectivity index (χ0n) is 15.1. The van der Waals surface area contributed by atoms with Gasteiger partial charge in [-0.15, -0.1) is 4.73 Å². The highest BCUT2D eigenvalue weighted by molar-refractivity contribution is 5.88. The van der Waals surface area contributed by atoms with E-state index in [2.05, 4.69) is 15.3 Å². The summed E-state index contributed by atoms with van der Waals surface area (Å²) in [5.74, 6) is -0.656. The average molecular weight is 388 g/mol. The van der Waals surface area contributed by atoms with Gasteiger partial charge in [-0.3, -0.25) is 0 Å². The topological polar surface area (TPSA) is 117 Å². The Balaban J connectivity index is 1.67. The largest absolute Gasteiger partial charge is 0.478 e. The van der Waals surface area contributed by atoms with E-state index in [0.717, 1.165) is 16.7 Å². The first kappa shape index (κ1) is 18.2. The van der Waals surface area contributed by atoms with Crippen molar-refractivity contribution < 1.29 is 15.1 Å². The first-order valence-corrected chi connectivity index (χ1v) is 8.77. The van der Waals surface area contributed by atoms with Crippen LogP contribution in [0.3, 0.4) is 0 Å². The second-order valence-electron chi connectivity index (χ2n) is 6.32. The fraction of sp³-hybridized carbons (Fsp3) is 0.0476. The van der Waals surface area contributed by atoms with E-state index in [4.69, 9.17) is 5.11 Å². The molecule has 0 saturated heterocycles. The Labute approximate surface area is 164 Å². The van der Waals surface area contributed by atoms with Gasteiger partial charge in [-0.25, -0.2) is 14.6 Å². The van der Waals surface area contributed by atoms with Gasteiger partial charge < -0.3 is 15.6 Å². The number of benzene rings is 2. The third kappa shape index (κ3) is 3.51. The first-order chi connectivity index (χ1) is 14.0. The highest BCUT2D eigenvalue weighted by Crippen LogP contribution is 2.25. The van der Waals surface area contributed by atoms with Crippen LogP contribution >= 0.6 is 0 Å². The molecule has 0 unspecified atom stereocenters. The third-order valence-electron chi connectivity index (χ3n) is 4.54. The molecular weight excluding hydrogens is 372 g/mol. The molecular formula is C21H16N4O4. The van der Waals surface area contributed by atoms with Crippen LogP contribution in [0.2, 0.25) is 0 Å². The number of hydrogen-bond acceptors (Lipinski definition) is 6. The number of rotatable bonds is 5. The van der Waals surface area contributed by atoms with Gasteiger partial charge in [-0.1, -0.05) is 36.4 Å². The Bertz CT molecular complexity index is 1270. The van der Waals surface area contributed by atoms with Crippen LogP contribution in [-0.2, 0) is 6.54 Å². The van der Waals surface area contributed by atoms with E-state index in [1.54, 1.807) is 36.4 Å². The second-order valence-corrected chi connectivity index (χ2v) is 6.32. The third-order valence-corrected chi connectivity index (χ3v) is 4.54. The fourth-order valence-electron chi connectivity index (χ4n) is 3.11. The quantitative estimate of drug-likeness (QED) is 0.450. The molecule has 8 nitrogen and oxygen atoms in total. The zero-order valence-corrected chi connectivity index (χ0v) is 15.1. The van der Waals surface area contributed by atoms with Crippen molar-refractivity contribution in [2.24, 2.45) is 0 Å². The maximum absolute atomic E-state index is 11.9. The van der Waals surface area contributed by atoms with E-state index in [0.29, 0.717) is 22.5 Å². The summed E-state index contributed by atoms with van der Waals surface area (Å²) in [6, 6.07) is 17.7. The van der Waals surface area contributed by atoms with Gasteiger partial charge in [-0.2, -0.15) is 4.98 Å². The number of anilines is 1. The van der Waals surface area contributed by atoms with Crippen molar-refractivity contribution in [3.8, 4) is 11.1 Å². The molecule has 0 spiro atoms. The summed E-state index contributed by atoms with van der Waals surface area (Å²) in [5, 5.41) is 22.6. The molecule has 0 aliphatic heterocycles. The summed E-state index contributed by atoms with van der Waals surface area (Å²) in [6.45, 7) is 0.364. The fourth-order valence-corrected chi connectivity index (χ4v) is 3.11. The normalized spacial score (nSPS) is 10.8. The molecule has 0 bridgehead atoms. The smallest absolute Gasteiger partial charge is 0.384 e. The van der Waals surface area contributed by atoms with Crippen molar-refractivity contribution in [3.05, 3.63) is 88.5 Å². The molecule has 0 aliphatic carbocycles. The first-order valence-electron chi connectivity index (χ1n) is 8.77. The van der Waals surface area contributed by atoms with Crippen LogP contribution in [-0.4, -0.2) is 31.0 Å². The predicted octanol–water partition coefficient (Wildman–Crippen LogP) is 3.01. The summed E-state index contributed by atoms with van der Waals surface area (Å²) in [4.78, 5) is 30.9. The van der Waals surface area contributed by atoms with Crippen LogP contribution in [0.15, 0.2) is 71.7 Å². The molecule has 29 heavy (non-hydrogen) atoms. The van der Waals surface area contributed by atoms with E-state index in [1.807, 2.05) is 24.3 Å². The number of aromatic nitrogens is 3. The highest BCUT2D eigenvalue weighted by atomic mass is 16.5. The molecule has 0 aliphatic rings. The molecule has 0 saturated carbocycles. The molecule has 2 aromatic carbocycles. The van der Waals surface area contributed by atoms with E-state index in [-0.39, 0.29) is 11.2 Å². The molecule has 144 valence electrons. The van der Waals surface area contributed by atoms with Crippen molar-refractivity contribution in [3.63, 3.8) is 0 Å². The standard InChI is InChI=1S/C21H16N4O4/c26-20(27)14-9-7-13(8-10-14)16-5-2-1-4-15(16)12-23-18-17-6-3-11-22-19(17)25(29)21(28)24-18/h1-11,29H,12H2,(H,26,27)(H,23,24,28). The number of carboxylic acid groups (broad SMARTS) is 1. The van der Waals surface area contributed by atoms with Gasteiger partial charge in [-0.05, 0) is 41.0 Å². The Hall–Kier alpha value is -4.20. The van der Waals surface area contributed by atoms with E-state index in [9.17, 15) is 14.8 Å². The van der Waals surface area contributed by atoms with Gasteiger partial charge in [0.1, 0.15) is 5.82 Å². The Morgan fingerprint density at radius 3 is 2.55 bits per heavy atom. The number of nitrogens with zero attached hydrogens (tertiary/aromatic N) is 3. The van der Waals surface area contributed by atoms with Crippen molar-refractivity contribution in [1.29, 1.82) is 0 Å². The summed E-state index contributed by atoms with van der Waals surface area (Å²) < 4.78 is 0.415. The van der Waals surface area contributed by atoms with Gasteiger partial charge in [0.25, 0.3) is 0 Å². The van der Waals surface area contributed by atoms with Crippen molar-refractivity contribution in [1.82, 2.24) is 14.7 Å². The van der Waals surface area contributed by atoms with Crippen molar-refractivity contribution in [2.45, 2.75) is 6.54 Å². The molecule has 2 aromatic heterocycles. The molecule has 4 aromatic rings. The minimum Gasteiger partial charge on any atom is -0.478 e. The molecule has 4 rings (SSSR count). The lowest BCUT2D eigenvalue weighted by atomic mass is 9.98. The van der Waals surface area contributed by atoms with E-state index in [1.165, 1.54) is 6.20 Å². The summed E-state index contributed by atoms with van der Waals surface area (Å²) in [6.07, 6.45) is 1.48. The van der Waals surface area contributed by atoms with Crippen LogP contribution in [0.4, 0.5) is 5.82 Å². The maximum Gasteiger partial charge on any atom is 0.384 e. The molecule has 3 N–H and O–H groups in total. The minimum absolute atomic E-state index is 0.118. The number of nitrogens with one attached hydrogen (secondary N) is 1. The summed E-state index contributed by atoms with van der Waals surface area (Å²) in [5.41, 5.74) is 2.25. The SMILES string of the molecule is O=C(O)c1ccc(-c2ccccc2CNc2nc(=O)n(O)c3ncccc23)cc1. The zero-order chi connectivity index (χ0) is 20.4. The number of fused-ring (bicyclic) bond motifs is 1.